The maximum Gasteiger partial charge on any atom is 0.352 e. The summed E-state index contributed by atoms with van der Waals surface area (Å²) in [6.45, 7) is 0. The van der Waals surface area contributed by atoms with E-state index >= 15 is 0 Å². The standard InChI is InChI=1S/C16H13NO2S/c18-16(19)14-9-12-13(17-14)7-4-8-15(12)20-10-11-5-2-1-3-6-11/h1-9,17H,10H2,(H,18,19). The predicted molar refractivity (Wildman–Crippen MR) is 81.3 cm³/mol. The molecule has 0 amide bonds. The zero-order valence-corrected chi connectivity index (χ0v) is 11.5. The van der Waals surface area contributed by atoms with E-state index in [1.807, 2.05) is 36.4 Å². The molecule has 3 nitrogen and oxygen atoms in total. The Hall–Kier alpha value is -2.20. The minimum Gasteiger partial charge on any atom is -0.477 e. The molecule has 3 aromatic rings. The lowest BCUT2D eigenvalue weighted by Crippen LogP contribution is -1.94. The summed E-state index contributed by atoms with van der Waals surface area (Å²) in [5.41, 5.74) is 2.34. The zero-order valence-electron chi connectivity index (χ0n) is 10.7. The van der Waals surface area contributed by atoms with Crippen LogP contribution in [0.5, 0.6) is 0 Å². The number of carbonyl (C=O) groups is 1. The molecule has 0 fully saturated rings. The monoisotopic (exact) mass is 283 g/mol. The van der Waals surface area contributed by atoms with E-state index < -0.39 is 5.97 Å². The van der Waals surface area contributed by atoms with Crippen molar-refractivity contribution in [3.63, 3.8) is 0 Å². The van der Waals surface area contributed by atoms with Crippen LogP contribution in [-0.2, 0) is 5.75 Å². The van der Waals surface area contributed by atoms with Crippen molar-refractivity contribution < 1.29 is 9.90 Å². The van der Waals surface area contributed by atoms with Crippen molar-refractivity contribution in [1.82, 2.24) is 4.98 Å². The second-order valence-electron chi connectivity index (χ2n) is 4.48. The summed E-state index contributed by atoms with van der Waals surface area (Å²) < 4.78 is 0. The molecular formula is C16H13NO2S. The quantitative estimate of drug-likeness (QED) is 0.707. The number of hydrogen-bond donors (Lipinski definition) is 2. The number of H-pyrrole nitrogens is 1. The topological polar surface area (TPSA) is 53.1 Å². The molecule has 100 valence electrons. The molecular weight excluding hydrogens is 270 g/mol. The van der Waals surface area contributed by atoms with Crippen LogP contribution in [0.4, 0.5) is 0 Å². The van der Waals surface area contributed by atoms with Crippen LogP contribution < -0.4 is 0 Å². The number of aromatic amines is 1. The highest BCUT2D eigenvalue weighted by atomic mass is 32.2. The van der Waals surface area contributed by atoms with Crippen LogP contribution in [0.2, 0.25) is 0 Å². The summed E-state index contributed by atoms with van der Waals surface area (Å²) in [5.74, 6) is -0.0618. The Morgan fingerprint density at radius 3 is 2.65 bits per heavy atom. The van der Waals surface area contributed by atoms with Crippen LogP contribution in [0.15, 0.2) is 59.5 Å². The van der Waals surface area contributed by atoms with Gasteiger partial charge >= 0.3 is 5.97 Å². The molecule has 0 bridgehead atoms. The normalized spacial score (nSPS) is 10.8. The zero-order chi connectivity index (χ0) is 13.9. The molecule has 0 spiro atoms. The number of carboxylic acid groups (broad SMARTS) is 1. The SMILES string of the molecule is O=C(O)c1cc2c(SCc3ccccc3)cccc2[nH]1. The molecule has 1 aromatic heterocycles. The molecule has 0 saturated heterocycles. The third-order valence-electron chi connectivity index (χ3n) is 3.09. The summed E-state index contributed by atoms with van der Waals surface area (Å²) in [6.07, 6.45) is 0. The second-order valence-corrected chi connectivity index (χ2v) is 5.50. The molecule has 0 atom stereocenters. The highest BCUT2D eigenvalue weighted by Gasteiger charge is 2.10. The van der Waals surface area contributed by atoms with Gasteiger partial charge in [-0.25, -0.2) is 4.79 Å². The van der Waals surface area contributed by atoms with Gasteiger partial charge in [0.15, 0.2) is 0 Å². The van der Waals surface area contributed by atoms with Gasteiger partial charge in [0.1, 0.15) is 5.69 Å². The molecule has 0 saturated carbocycles. The molecule has 20 heavy (non-hydrogen) atoms. The second kappa shape index (κ2) is 5.43. The molecule has 0 aliphatic carbocycles. The average molecular weight is 283 g/mol. The fourth-order valence-electron chi connectivity index (χ4n) is 2.10. The van der Waals surface area contributed by atoms with Gasteiger partial charge in [0, 0.05) is 21.6 Å². The van der Waals surface area contributed by atoms with Gasteiger partial charge in [-0.1, -0.05) is 36.4 Å². The lowest BCUT2D eigenvalue weighted by Gasteiger charge is -2.03. The number of rotatable bonds is 4. The number of benzene rings is 2. The fraction of sp³-hybridized carbons (Fsp3) is 0.0625. The lowest BCUT2D eigenvalue weighted by molar-refractivity contribution is 0.0691. The van der Waals surface area contributed by atoms with E-state index in [-0.39, 0.29) is 5.69 Å². The lowest BCUT2D eigenvalue weighted by atomic mass is 10.2. The van der Waals surface area contributed by atoms with Crippen molar-refractivity contribution in [2.75, 3.05) is 0 Å². The van der Waals surface area contributed by atoms with Gasteiger partial charge in [0.25, 0.3) is 0 Å². The van der Waals surface area contributed by atoms with Crippen molar-refractivity contribution in [3.05, 3.63) is 65.9 Å². The molecule has 4 heteroatoms. The highest BCUT2D eigenvalue weighted by molar-refractivity contribution is 7.98. The van der Waals surface area contributed by atoms with E-state index in [0.717, 1.165) is 21.6 Å². The van der Waals surface area contributed by atoms with Crippen molar-refractivity contribution >= 4 is 28.6 Å². The third-order valence-corrected chi connectivity index (χ3v) is 4.24. The van der Waals surface area contributed by atoms with E-state index in [2.05, 4.69) is 17.1 Å². The number of fused-ring (bicyclic) bond motifs is 1. The van der Waals surface area contributed by atoms with Crippen molar-refractivity contribution in [1.29, 1.82) is 0 Å². The molecule has 2 N–H and O–H groups in total. The number of carboxylic acids is 1. The van der Waals surface area contributed by atoms with Crippen LogP contribution in [0.1, 0.15) is 16.1 Å². The molecule has 0 radical (unpaired) electrons. The maximum absolute atomic E-state index is 11.0. The summed E-state index contributed by atoms with van der Waals surface area (Å²) in [6, 6.07) is 17.8. The summed E-state index contributed by atoms with van der Waals surface area (Å²) in [7, 11) is 0. The van der Waals surface area contributed by atoms with E-state index in [4.69, 9.17) is 5.11 Å². The number of aromatic nitrogens is 1. The number of nitrogens with one attached hydrogen (secondary N) is 1. The Morgan fingerprint density at radius 2 is 1.90 bits per heavy atom. The van der Waals surface area contributed by atoms with Gasteiger partial charge in [-0.05, 0) is 23.8 Å². The molecule has 1 heterocycles. The molecule has 0 aliphatic rings. The maximum atomic E-state index is 11.0. The Morgan fingerprint density at radius 1 is 1.10 bits per heavy atom. The van der Waals surface area contributed by atoms with Crippen LogP contribution in [0.3, 0.4) is 0 Å². The van der Waals surface area contributed by atoms with Crippen molar-refractivity contribution in [3.8, 4) is 0 Å². The first-order chi connectivity index (χ1) is 9.74. The van der Waals surface area contributed by atoms with E-state index in [1.54, 1.807) is 17.8 Å². The van der Waals surface area contributed by atoms with Crippen molar-refractivity contribution in [2.45, 2.75) is 10.6 Å². The minimum absolute atomic E-state index is 0.229. The van der Waals surface area contributed by atoms with Gasteiger partial charge in [-0.2, -0.15) is 0 Å². The first-order valence-corrected chi connectivity index (χ1v) is 7.24. The van der Waals surface area contributed by atoms with E-state index in [9.17, 15) is 4.79 Å². The number of hydrogen-bond acceptors (Lipinski definition) is 2. The largest absolute Gasteiger partial charge is 0.477 e. The van der Waals surface area contributed by atoms with E-state index in [0.29, 0.717) is 0 Å². The van der Waals surface area contributed by atoms with Gasteiger partial charge in [0.05, 0.1) is 0 Å². The van der Waals surface area contributed by atoms with Crippen LogP contribution in [0.25, 0.3) is 10.9 Å². The molecule has 0 unspecified atom stereocenters. The highest BCUT2D eigenvalue weighted by Crippen LogP contribution is 2.30. The fourth-order valence-corrected chi connectivity index (χ4v) is 3.12. The Balaban J connectivity index is 1.89. The average Bonchev–Trinajstić information content (AvgIpc) is 2.91. The molecule has 0 aliphatic heterocycles. The Labute approximate surface area is 120 Å². The molecule has 2 aromatic carbocycles. The Kier molecular flexibility index (Phi) is 3.48. The predicted octanol–water partition coefficient (Wildman–Crippen LogP) is 4.16. The summed E-state index contributed by atoms with van der Waals surface area (Å²) in [5, 5.41) is 10.0. The van der Waals surface area contributed by atoms with Crippen LogP contribution in [0, 0.1) is 0 Å². The van der Waals surface area contributed by atoms with Gasteiger partial charge in [-0.15, -0.1) is 11.8 Å². The smallest absolute Gasteiger partial charge is 0.352 e. The first-order valence-electron chi connectivity index (χ1n) is 6.26. The summed E-state index contributed by atoms with van der Waals surface area (Å²) in [4.78, 5) is 15.0. The first kappa shape index (κ1) is 12.8. The van der Waals surface area contributed by atoms with Crippen LogP contribution in [-0.4, -0.2) is 16.1 Å². The number of thioether (sulfide) groups is 1. The number of aromatic carboxylic acids is 1. The van der Waals surface area contributed by atoms with E-state index in [1.165, 1.54) is 5.56 Å². The minimum atomic E-state index is -0.930. The summed E-state index contributed by atoms with van der Waals surface area (Å²) >= 11 is 1.72. The molecule has 3 rings (SSSR count). The third kappa shape index (κ3) is 2.56. The van der Waals surface area contributed by atoms with Gasteiger partial charge in [-0.3, -0.25) is 0 Å². The Bertz CT molecular complexity index is 750. The van der Waals surface area contributed by atoms with Crippen molar-refractivity contribution in [2.24, 2.45) is 0 Å². The van der Waals surface area contributed by atoms with Gasteiger partial charge in [0.2, 0.25) is 0 Å². The van der Waals surface area contributed by atoms with Gasteiger partial charge < -0.3 is 10.1 Å². The van der Waals surface area contributed by atoms with Crippen LogP contribution >= 0.6 is 11.8 Å².